The van der Waals surface area contributed by atoms with Gasteiger partial charge < -0.3 is 20.5 Å². The quantitative estimate of drug-likeness (QED) is 0.724. The number of aliphatic hydroxyl groups excluding tert-OH is 1. The minimum absolute atomic E-state index is 0.0298. The van der Waals surface area contributed by atoms with Crippen LogP contribution in [-0.4, -0.2) is 29.9 Å². The van der Waals surface area contributed by atoms with Crippen LogP contribution in [0.2, 0.25) is 0 Å². The summed E-state index contributed by atoms with van der Waals surface area (Å²) in [7, 11) is 0. The van der Waals surface area contributed by atoms with Gasteiger partial charge in [-0.3, -0.25) is 0 Å². The molecule has 1 rings (SSSR count). The lowest BCUT2D eigenvalue weighted by molar-refractivity contribution is 0.213. The third kappa shape index (κ3) is 6.49. The van der Waals surface area contributed by atoms with Crippen molar-refractivity contribution in [3.8, 4) is 5.75 Å². The molecular weight excluding hydrogens is 268 g/mol. The SMILES string of the molecule is CC(C)CC(CO)NC(=O)Nc1ccccc1OC(C)C. The van der Waals surface area contributed by atoms with Gasteiger partial charge in [-0.15, -0.1) is 0 Å². The Balaban J connectivity index is 2.65. The van der Waals surface area contributed by atoms with Crippen LogP contribution in [0.4, 0.5) is 10.5 Å². The Labute approximate surface area is 126 Å². The highest BCUT2D eigenvalue weighted by Gasteiger charge is 2.14. The van der Waals surface area contributed by atoms with E-state index < -0.39 is 0 Å². The number of para-hydroxylation sites is 2. The summed E-state index contributed by atoms with van der Waals surface area (Å²) in [5.41, 5.74) is 0.616. The molecule has 0 aliphatic rings. The number of hydrogen-bond donors (Lipinski definition) is 3. The summed E-state index contributed by atoms with van der Waals surface area (Å²) >= 11 is 0. The van der Waals surface area contributed by atoms with Crippen molar-refractivity contribution in [1.82, 2.24) is 5.32 Å². The number of amides is 2. The zero-order valence-electron chi connectivity index (χ0n) is 13.2. The first-order chi connectivity index (χ1) is 9.92. The van der Waals surface area contributed by atoms with E-state index in [4.69, 9.17) is 4.74 Å². The Morgan fingerprint density at radius 3 is 2.48 bits per heavy atom. The molecule has 0 bridgehead atoms. The summed E-state index contributed by atoms with van der Waals surface area (Å²) in [5, 5.41) is 14.8. The maximum Gasteiger partial charge on any atom is 0.319 e. The van der Waals surface area contributed by atoms with E-state index in [0.717, 1.165) is 6.42 Å². The maximum atomic E-state index is 12.0. The third-order valence-corrected chi connectivity index (χ3v) is 2.81. The fourth-order valence-electron chi connectivity index (χ4n) is 2.02. The van der Waals surface area contributed by atoms with Gasteiger partial charge in [0, 0.05) is 0 Å². The Morgan fingerprint density at radius 2 is 1.90 bits per heavy atom. The van der Waals surface area contributed by atoms with Gasteiger partial charge in [0.15, 0.2) is 0 Å². The molecule has 3 N–H and O–H groups in total. The second-order valence-electron chi connectivity index (χ2n) is 5.77. The first kappa shape index (κ1) is 17.3. The first-order valence-electron chi connectivity index (χ1n) is 7.36. The smallest absolute Gasteiger partial charge is 0.319 e. The number of carbonyl (C=O) groups excluding carboxylic acids is 1. The van der Waals surface area contributed by atoms with Gasteiger partial charge in [-0.2, -0.15) is 0 Å². The topological polar surface area (TPSA) is 70.6 Å². The minimum Gasteiger partial charge on any atom is -0.489 e. The van der Waals surface area contributed by atoms with E-state index in [0.29, 0.717) is 17.4 Å². The molecule has 1 aromatic rings. The zero-order valence-corrected chi connectivity index (χ0v) is 13.2. The predicted molar refractivity (Wildman–Crippen MR) is 84.7 cm³/mol. The molecule has 0 saturated carbocycles. The Hall–Kier alpha value is -1.75. The van der Waals surface area contributed by atoms with Crippen LogP contribution in [0.25, 0.3) is 0 Å². The van der Waals surface area contributed by atoms with Gasteiger partial charge in [0.25, 0.3) is 0 Å². The summed E-state index contributed by atoms with van der Waals surface area (Å²) in [4.78, 5) is 12.0. The summed E-state index contributed by atoms with van der Waals surface area (Å²) in [5.74, 6) is 1.03. The van der Waals surface area contributed by atoms with Crippen LogP contribution in [0.3, 0.4) is 0 Å². The van der Waals surface area contributed by atoms with Crippen molar-refractivity contribution < 1.29 is 14.6 Å². The van der Waals surface area contributed by atoms with Crippen molar-refractivity contribution in [2.24, 2.45) is 5.92 Å². The number of rotatable bonds is 7. The van der Waals surface area contributed by atoms with Crippen molar-refractivity contribution in [2.45, 2.75) is 46.3 Å². The normalized spacial score (nSPS) is 12.3. The van der Waals surface area contributed by atoms with Crippen LogP contribution >= 0.6 is 0 Å². The fourth-order valence-corrected chi connectivity index (χ4v) is 2.02. The number of aliphatic hydroxyl groups is 1. The molecule has 0 aromatic heterocycles. The molecule has 1 aromatic carbocycles. The molecule has 0 aliphatic heterocycles. The lowest BCUT2D eigenvalue weighted by Gasteiger charge is -2.20. The Morgan fingerprint density at radius 1 is 1.24 bits per heavy atom. The monoisotopic (exact) mass is 294 g/mol. The van der Waals surface area contributed by atoms with E-state index in [1.165, 1.54) is 0 Å². The molecule has 0 heterocycles. The summed E-state index contributed by atoms with van der Waals surface area (Å²) in [6, 6.07) is 6.70. The van der Waals surface area contributed by atoms with Crippen LogP contribution in [0.15, 0.2) is 24.3 Å². The minimum atomic E-state index is -0.338. The number of benzene rings is 1. The van der Waals surface area contributed by atoms with Gasteiger partial charge in [-0.25, -0.2) is 4.79 Å². The Kier molecular flexibility index (Phi) is 7.02. The molecule has 5 heteroatoms. The van der Waals surface area contributed by atoms with Gasteiger partial charge >= 0.3 is 6.03 Å². The van der Waals surface area contributed by atoms with Crippen LogP contribution < -0.4 is 15.4 Å². The van der Waals surface area contributed by atoms with Crippen LogP contribution in [0.1, 0.15) is 34.1 Å². The van der Waals surface area contributed by atoms with E-state index in [-0.39, 0.29) is 24.8 Å². The van der Waals surface area contributed by atoms with Crippen molar-refractivity contribution in [3.63, 3.8) is 0 Å². The lowest BCUT2D eigenvalue weighted by Crippen LogP contribution is -2.41. The molecular formula is C16H26N2O3. The van der Waals surface area contributed by atoms with Gasteiger partial charge in [0.05, 0.1) is 24.4 Å². The number of carbonyl (C=O) groups is 1. The molecule has 118 valence electrons. The number of ether oxygens (including phenoxy) is 1. The average Bonchev–Trinajstić information content (AvgIpc) is 2.39. The molecule has 0 saturated heterocycles. The van der Waals surface area contributed by atoms with Crippen LogP contribution in [0, 0.1) is 5.92 Å². The number of anilines is 1. The molecule has 21 heavy (non-hydrogen) atoms. The van der Waals surface area contributed by atoms with E-state index >= 15 is 0 Å². The highest BCUT2D eigenvalue weighted by atomic mass is 16.5. The summed E-state index contributed by atoms with van der Waals surface area (Å²) in [6.07, 6.45) is 0.760. The van der Waals surface area contributed by atoms with Gasteiger partial charge in [0.2, 0.25) is 0 Å². The Bertz CT molecular complexity index is 447. The van der Waals surface area contributed by atoms with E-state index in [2.05, 4.69) is 10.6 Å². The fraction of sp³-hybridized carbons (Fsp3) is 0.562. The molecule has 1 atom stereocenters. The lowest BCUT2D eigenvalue weighted by atomic mass is 10.0. The third-order valence-electron chi connectivity index (χ3n) is 2.81. The van der Waals surface area contributed by atoms with E-state index in [1.54, 1.807) is 6.07 Å². The number of nitrogens with one attached hydrogen (secondary N) is 2. The average molecular weight is 294 g/mol. The van der Waals surface area contributed by atoms with Crippen molar-refractivity contribution >= 4 is 11.7 Å². The zero-order chi connectivity index (χ0) is 15.8. The molecule has 0 aliphatic carbocycles. The second-order valence-corrected chi connectivity index (χ2v) is 5.77. The largest absolute Gasteiger partial charge is 0.489 e. The van der Waals surface area contributed by atoms with E-state index in [1.807, 2.05) is 45.9 Å². The summed E-state index contributed by atoms with van der Waals surface area (Å²) in [6.45, 7) is 7.89. The molecule has 0 radical (unpaired) electrons. The molecule has 0 spiro atoms. The maximum absolute atomic E-state index is 12.0. The van der Waals surface area contributed by atoms with E-state index in [9.17, 15) is 9.90 Å². The second kappa shape index (κ2) is 8.52. The molecule has 1 unspecified atom stereocenters. The number of hydrogen-bond acceptors (Lipinski definition) is 3. The first-order valence-corrected chi connectivity index (χ1v) is 7.36. The van der Waals surface area contributed by atoms with Crippen LogP contribution in [-0.2, 0) is 0 Å². The van der Waals surface area contributed by atoms with Crippen molar-refractivity contribution in [2.75, 3.05) is 11.9 Å². The molecule has 5 nitrogen and oxygen atoms in total. The number of urea groups is 1. The summed E-state index contributed by atoms with van der Waals surface area (Å²) < 4.78 is 5.65. The van der Waals surface area contributed by atoms with Gasteiger partial charge in [-0.05, 0) is 38.3 Å². The molecule has 2 amide bonds. The standard InChI is InChI=1S/C16H26N2O3/c1-11(2)9-13(10-19)17-16(20)18-14-7-5-6-8-15(14)21-12(3)4/h5-8,11-13,19H,9-10H2,1-4H3,(H2,17,18,20). The predicted octanol–water partition coefficient (Wildman–Crippen LogP) is 3.00. The molecule has 0 fully saturated rings. The van der Waals surface area contributed by atoms with Crippen molar-refractivity contribution in [3.05, 3.63) is 24.3 Å². The van der Waals surface area contributed by atoms with Gasteiger partial charge in [0.1, 0.15) is 5.75 Å². The highest BCUT2D eigenvalue weighted by Crippen LogP contribution is 2.24. The highest BCUT2D eigenvalue weighted by molar-refractivity contribution is 5.91. The van der Waals surface area contributed by atoms with Crippen LogP contribution in [0.5, 0.6) is 5.75 Å². The van der Waals surface area contributed by atoms with Crippen molar-refractivity contribution in [1.29, 1.82) is 0 Å². The van der Waals surface area contributed by atoms with Gasteiger partial charge in [-0.1, -0.05) is 26.0 Å².